The van der Waals surface area contributed by atoms with E-state index in [1.165, 1.54) is 0 Å². The highest BCUT2D eigenvalue weighted by Crippen LogP contribution is 2.54. The van der Waals surface area contributed by atoms with Gasteiger partial charge in [0.2, 0.25) is 23.8 Å². The van der Waals surface area contributed by atoms with Crippen LogP contribution in [-0.4, -0.2) is 179 Å². The molecule has 0 bridgehead atoms. The van der Waals surface area contributed by atoms with Crippen molar-refractivity contribution in [3.05, 3.63) is 115 Å². The highest BCUT2D eigenvalue weighted by atomic mass is 35.5. The Hall–Kier alpha value is -10.5. The van der Waals surface area contributed by atoms with E-state index in [0.717, 1.165) is 57.8 Å². The minimum Gasteiger partial charge on any atom is -0.493 e. The third-order valence-corrected chi connectivity index (χ3v) is 23.6. The molecular formula is C77H92Cl4N20O13. The van der Waals surface area contributed by atoms with Gasteiger partial charge in [0.15, 0.2) is 69.1 Å². The molecule has 2 aliphatic carbocycles. The van der Waals surface area contributed by atoms with E-state index in [9.17, 15) is 19.2 Å². The number of hydrogen-bond acceptors (Lipinski definition) is 33. The number of carbonyl (C=O) groups excluding carboxylic acids is 4. The van der Waals surface area contributed by atoms with Crippen molar-refractivity contribution in [2.24, 2.45) is 0 Å². The molecule has 0 radical (unpaired) electrons. The molecule has 8 aromatic rings. The van der Waals surface area contributed by atoms with E-state index < -0.39 is 21.7 Å². The average Bonchev–Trinajstić information content (AvgIpc) is 1.29. The molecule has 5 aliphatic heterocycles. The molecule has 0 unspecified atom stereocenters. The number of nitrogen functional groups attached to an aromatic ring is 4. The van der Waals surface area contributed by atoms with E-state index in [1.807, 2.05) is 33.4 Å². The van der Waals surface area contributed by atoms with E-state index in [1.54, 1.807) is 106 Å². The maximum Gasteiger partial charge on any atom is 0.223 e. The number of Topliss-reactive ketones (excluding diaryl/α,β-unsaturated/α-hetero) is 4. The number of carbonyl (C=O) groups is 4. The van der Waals surface area contributed by atoms with Crippen LogP contribution in [0.1, 0.15) is 142 Å². The number of hydrogen-bond donors (Lipinski definition) is 4. The van der Waals surface area contributed by atoms with Crippen molar-refractivity contribution in [3.8, 4) is 46.0 Å². The number of ketones is 4. The predicted molar refractivity (Wildman–Crippen MR) is 428 cm³/mol. The molecule has 2 saturated carbocycles. The van der Waals surface area contributed by atoms with E-state index in [0.29, 0.717) is 179 Å². The number of methoxy groups -OCH3 is 8. The lowest BCUT2D eigenvalue weighted by Crippen LogP contribution is -2.52. The Morgan fingerprint density at radius 1 is 0.351 bits per heavy atom. The molecule has 8 N–H and O–H groups in total. The summed E-state index contributed by atoms with van der Waals surface area (Å²) in [7, 11) is 12.5. The van der Waals surface area contributed by atoms with Crippen LogP contribution in [-0.2, 0) is 71.8 Å². The molecular weight excluding hydrogens is 1550 g/mol. The van der Waals surface area contributed by atoms with Crippen LogP contribution in [0.25, 0.3) is 0 Å². The monoisotopic (exact) mass is 1640 g/mol. The van der Waals surface area contributed by atoms with Crippen molar-refractivity contribution < 1.29 is 61.8 Å². The van der Waals surface area contributed by atoms with E-state index in [4.69, 9.17) is 112 Å². The van der Waals surface area contributed by atoms with Gasteiger partial charge in [0, 0.05) is 59.7 Å². The smallest absolute Gasteiger partial charge is 0.223 e. The average molecular weight is 1650 g/mol. The fourth-order valence-electron chi connectivity index (χ4n) is 16.7. The first-order chi connectivity index (χ1) is 54.8. The molecule has 33 nitrogen and oxygen atoms in total. The van der Waals surface area contributed by atoms with Crippen molar-refractivity contribution in [1.29, 1.82) is 0 Å². The minimum absolute atomic E-state index is 0.0654. The minimum atomic E-state index is -0.736. The lowest BCUT2D eigenvalue weighted by Gasteiger charge is -2.44. The molecule has 3 fully saturated rings. The lowest BCUT2D eigenvalue weighted by molar-refractivity contribution is -0.127. The Morgan fingerprint density at radius 2 is 0.596 bits per heavy atom. The summed E-state index contributed by atoms with van der Waals surface area (Å²) in [5, 5.41) is 0.979. The van der Waals surface area contributed by atoms with Crippen molar-refractivity contribution >= 4 is 117 Å². The molecule has 1 saturated heterocycles. The summed E-state index contributed by atoms with van der Waals surface area (Å²) in [6.07, 6.45) is 16.9. The first kappa shape index (κ1) is 83.0. The van der Waals surface area contributed by atoms with Gasteiger partial charge in [-0.25, -0.2) is 19.9 Å². The lowest BCUT2D eigenvalue weighted by atomic mass is 9.65. The number of rotatable bonds is 18. The molecule has 8 aromatic heterocycles. The van der Waals surface area contributed by atoms with Gasteiger partial charge >= 0.3 is 0 Å². The number of nitrogens with zero attached hydrogens (tertiary/aromatic N) is 16. The highest BCUT2D eigenvalue weighted by molar-refractivity contribution is 6.33. The summed E-state index contributed by atoms with van der Waals surface area (Å²) >= 11 is 25.9. The SMILES string of the molecule is CCC1(CC)C(=O)CN(Cc2cc(OC)c(OC)cn2)c2nc(N)nc(Cl)c21.COc1cnc(CN2CC(=O)C3(CCCC3)c3c(Cl)nc(N)nc32)cc1OC.COc1cnc(CN2CC(=O)C3(CCCCC3)c3c(Cl)nc(N)nc32)cc1OC.COc1cnc(CN2CC(=O)C3(CCOCC3)c3c(Cl)nc(N)nc32)cc1OC. The van der Waals surface area contributed by atoms with Gasteiger partial charge in [-0.1, -0.05) is 92.4 Å². The molecule has 0 aromatic carbocycles. The topological polar surface area (TPSA) is 423 Å². The second-order valence-electron chi connectivity index (χ2n) is 28.4. The maximum atomic E-state index is 13.3. The maximum absolute atomic E-state index is 13.3. The van der Waals surface area contributed by atoms with Crippen LogP contribution >= 0.6 is 46.4 Å². The second kappa shape index (κ2) is 35.1. The first-order valence-corrected chi connectivity index (χ1v) is 38.7. The summed E-state index contributed by atoms with van der Waals surface area (Å²) in [6.45, 7) is 7.16. The zero-order valence-electron chi connectivity index (χ0n) is 65.2. The Morgan fingerprint density at radius 3 is 0.868 bits per heavy atom. The summed E-state index contributed by atoms with van der Waals surface area (Å²) in [4.78, 5) is 112. The number of halogens is 4. The number of aromatic nitrogens is 12. The molecule has 0 atom stereocenters. The van der Waals surface area contributed by atoms with Crippen molar-refractivity contribution in [1.82, 2.24) is 59.8 Å². The Kier molecular flexibility index (Phi) is 25.5. The molecule has 7 aliphatic rings. The Bertz CT molecular complexity index is 4650. The van der Waals surface area contributed by atoms with Crippen LogP contribution in [0.2, 0.25) is 20.6 Å². The van der Waals surface area contributed by atoms with Gasteiger partial charge in [0.05, 0.1) is 178 Å². The van der Waals surface area contributed by atoms with E-state index >= 15 is 0 Å². The molecule has 13 heterocycles. The van der Waals surface area contributed by atoms with Gasteiger partial charge in [-0.3, -0.25) is 39.1 Å². The third-order valence-electron chi connectivity index (χ3n) is 22.5. The molecule has 114 heavy (non-hydrogen) atoms. The molecule has 3 spiro atoms. The van der Waals surface area contributed by atoms with Crippen molar-refractivity contribution in [2.45, 2.75) is 145 Å². The fraction of sp³-hybridized carbons (Fsp3) is 0.481. The summed E-state index contributed by atoms with van der Waals surface area (Å²) in [5.41, 5.74) is 26.4. The van der Waals surface area contributed by atoms with Gasteiger partial charge in [0.25, 0.3) is 0 Å². The molecule has 0 amide bonds. The Balaban J connectivity index is 0.000000141. The zero-order chi connectivity index (χ0) is 81.6. The third kappa shape index (κ3) is 16.1. The summed E-state index contributed by atoms with van der Waals surface area (Å²) in [6, 6.07) is 7.12. The van der Waals surface area contributed by atoms with E-state index in [-0.39, 0.29) is 93.7 Å². The van der Waals surface area contributed by atoms with Crippen molar-refractivity contribution in [2.75, 3.05) is 139 Å². The first-order valence-electron chi connectivity index (χ1n) is 37.2. The highest BCUT2D eigenvalue weighted by Gasteiger charge is 2.54. The predicted octanol–water partition coefficient (Wildman–Crippen LogP) is 9.97. The normalized spacial score (nSPS) is 17.2. The molecule has 15 rings (SSSR count). The number of fused-ring (bicyclic) bond motifs is 7. The number of pyridine rings is 4. The van der Waals surface area contributed by atoms with Crippen molar-refractivity contribution in [3.63, 3.8) is 0 Å². The number of ether oxygens (including phenoxy) is 9. The molecule has 606 valence electrons. The van der Waals surface area contributed by atoms with Crippen LogP contribution in [0.3, 0.4) is 0 Å². The van der Waals surface area contributed by atoms with Gasteiger partial charge in [-0.15, -0.1) is 0 Å². The van der Waals surface area contributed by atoms with Gasteiger partial charge in [0.1, 0.15) is 43.9 Å². The Labute approximate surface area is 679 Å². The quantitative estimate of drug-likeness (QED) is 0.0580. The largest absolute Gasteiger partial charge is 0.493 e. The second-order valence-corrected chi connectivity index (χ2v) is 29.9. The van der Waals surface area contributed by atoms with Crippen LogP contribution in [0.5, 0.6) is 46.0 Å². The van der Waals surface area contributed by atoms with Gasteiger partial charge in [-0.2, -0.15) is 19.9 Å². The number of anilines is 8. The summed E-state index contributed by atoms with van der Waals surface area (Å²) < 4.78 is 47.9. The molecule has 37 heteroatoms. The van der Waals surface area contributed by atoms with Crippen LogP contribution in [0.4, 0.5) is 47.1 Å². The van der Waals surface area contributed by atoms with E-state index in [2.05, 4.69) is 59.8 Å². The van der Waals surface area contributed by atoms with Crippen LogP contribution in [0, 0.1) is 0 Å². The standard InChI is InChI=1S/C20H24ClN5O3.C19H22ClN5O4.C19H22ClN5O3.C19H24ClN5O3/c1-28-13-8-12(23-9-14(13)29-2)10-26-11-15(27)20(6-4-3-5-7-20)16-17(21)24-19(22)25-18(16)26;1-27-12-7-11(22-8-13(12)28-2)9-25-10-14(26)19(3-5-29-6-4-19)15-16(20)23-18(21)24-17(15)25;1-27-12-7-11(22-8-13(12)28-2)9-25-10-14(26)19(5-3-4-6-19)15-16(20)23-18(21)24-17(15)25;1-5-19(6-2)14(26)10-25(17-15(19)16(20)23-18(21)24-17)9-11-7-12(27-3)13(28-4)8-22-11/h8-9H,3-7,10-11H2,1-2H3,(H2,22,24,25);7-8H,3-6,9-10H2,1-2H3,(H2,21,23,24);7-8H,3-6,9-10H2,1-2H3,(H2,21,23,24);7-8H,5-6,9-10H2,1-4H3,(H2,21,23,24). The van der Waals surface area contributed by atoms with Gasteiger partial charge < -0.3 is 85.2 Å². The fourth-order valence-corrected chi connectivity index (χ4v) is 18.1. The van der Waals surface area contributed by atoms with Gasteiger partial charge in [-0.05, 0) is 51.4 Å². The summed E-state index contributed by atoms with van der Waals surface area (Å²) in [5.74, 6) is 7.60. The zero-order valence-corrected chi connectivity index (χ0v) is 68.2. The van der Waals surface area contributed by atoms with Crippen LogP contribution in [0.15, 0.2) is 49.1 Å². The number of nitrogens with two attached hydrogens (primary N) is 4. The van der Waals surface area contributed by atoms with Crippen LogP contribution < -0.4 is 80.4 Å².